The molecule has 0 N–H and O–H groups in total. The number of hydrogen-bond acceptors (Lipinski definition) is 5. The van der Waals surface area contributed by atoms with Crippen LogP contribution in [0.1, 0.15) is 68.1 Å². The zero-order valence-electron chi connectivity index (χ0n) is 16.9. The number of tetrazole rings is 1. The van der Waals surface area contributed by atoms with Crippen LogP contribution in [0.15, 0.2) is 18.2 Å². The van der Waals surface area contributed by atoms with Gasteiger partial charge in [-0.25, -0.2) is 4.68 Å². The summed E-state index contributed by atoms with van der Waals surface area (Å²) in [7, 11) is 0. The lowest BCUT2D eigenvalue weighted by molar-refractivity contribution is 0.166. The van der Waals surface area contributed by atoms with Crippen LogP contribution in [-0.4, -0.2) is 51.3 Å². The van der Waals surface area contributed by atoms with Crippen LogP contribution in [-0.2, 0) is 0 Å². The van der Waals surface area contributed by atoms with E-state index in [-0.39, 0.29) is 0 Å². The molecule has 1 saturated carbocycles. The molecule has 1 atom stereocenters. The molecule has 146 valence electrons. The standard InChI is InChI=1S/C21H32N6/c1-4-19(21-22-23-24-27(21)18-7-5-6-8-18)25-11-13-26(14-12-25)20-15-16(2)9-10-17(20)3/h9-10,15,18-19H,4-8,11-14H2,1-3H3. The van der Waals surface area contributed by atoms with Crippen LogP contribution in [0.5, 0.6) is 0 Å². The fraction of sp³-hybridized carbons (Fsp3) is 0.667. The predicted octanol–water partition coefficient (Wildman–Crippen LogP) is 3.68. The van der Waals surface area contributed by atoms with E-state index < -0.39 is 0 Å². The van der Waals surface area contributed by atoms with Crippen molar-refractivity contribution in [2.45, 2.75) is 65.0 Å². The maximum absolute atomic E-state index is 4.46. The van der Waals surface area contributed by atoms with Gasteiger partial charge in [0, 0.05) is 31.9 Å². The lowest BCUT2D eigenvalue weighted by Gasteiger charge is -2.40. The van der Waals surface area contributed by atoms with Gasteiger partial charge in [-0.05, 0) is 60.7 Å². The number of aryl methyl sites for hydroxylation is 2. The molecule has 6 nitrogen and oxygen atoms in total. The summed E-state index contributed by atoms with van der Waals surface area (Å²) in [6, 6.07) is 7.58. The van der Waals surface area contributed by atoms with E-state index in [9.17, 15) is 0 Å². The second-order valence-corrected chi connectivity index (χ2v) is 8.16. The van der Waals surface area contributed by atoms with Crippen LogP contribution < -0.4 is 4.90 Å². The summed E-state index contributed by atoms with van der Waals surface area (Å²) in [5.74, 6) is 1.07. The van der Waals surface area contributed by atoms with Crippen LogP contribution in [0.3, 0.4) is 0 Å². The minimum Gasteiger partial charge on any atom is -0.369 e. The molecule has 4 rings (SSSR count). The number of piperazine rings is 1. The smallest absolute Gasteiger partial charge is 0.168 e. The van der Waals surface area contributed by atoms with Gasteiger partial charge >= 0.3 is 0 Å². The van der Waals surface area contributed by atoms with Gasteiger partial charge in [0.15, 0.2) is 5.82 Å². The zero-order valence-corrected chi connectivity index (χ0v) is 16.9. The highest BCUT2D eigenvalue weighted by Gasteiger charge is 2.31. The summed E-state index contributed by atoms with van der Waals surface area (Å²) in [4.78, 5) is 5.12. The maximum Gasteiger partial charge on any atom is 0.168 e. The molecule has 0 bridgehead atoms. The number of benzene rings is 1. The van der Waals surface area contributed by atoms with Crippen molar-refractivity contribution in [3.8, 4) is 0 Å². The first-order valence-electron chi connectivity index (χ1n) is 10.5. The van der Waals surface area contributed by atoms with Gasteiger partial charge in [-0.1, -0.05) is 31.9 Å². The molecule has 1 saturated heterocycles. The molecule has 1 aliphatic heterocycles. The second-order valence-electron chi connectivity index (χ2n) is 8.16. The molecule has 27 heavy (non-hydrogen) atoms. The van der Waals surface area contributed by atoms with E-state index in [2.05, 4.69) is 69.0 Å². The monoisotopic (exact) mass is 368 g/mol. The normalized spacial score (nSPS) is 20.3. The van der Waals surface area contributed by atoms with E-state index in [0.717, 1.165) is 38.4 Å². The highest BCUT2D eigenvalue weighted by Crippen LogP contribution is 2.33. The SMILES string of the molecule is CCC(c1nnnn1C1CCCC1)N1CCN(c2cc(C)ccc2C)CC1. The molecule has 2 aromatic rings. The Hall–Kier alpha value is -1.95. The third-order valence-corrected chi connectivity index (χ3v) is 6.33. The van der Waals surface area contributed by atoms with Crippen molar-refractivity contribution >= 4 is 5.69 Å². The molecule has 1 aromatic carbocycles. The minimum absolute atomic E-state index is 0.321. The number of aromatic nitrogens is 4. The first kappa shape index (κ1) is 18.4. The largest absolute Gasteiger partial charge is 0.369 e. The first-order valence-corrected chi connectivity index (χ1v) is 10.5. The van der Waals surface area contributed by atoms with Gasteiger partial charge in [0.05, 0.1) is 12.1 Å². The number of rotatable bonds is 5. The average molecular weight is 369 g/mol. The first-order chi connectivity index (χ1) is 13.2. The van der Waals surface area contributed by atoms with Crippen LogP contribution in [0.4, 0.5) is 5.69 Å². The van der Waals surface area contributed by atoms with Gasteiger partial charge in [-0.2, -0.15) is 0 Å². The highest BCUT2D eigenvalue weighted by molar-refractivity contribution is 5.55. The van der Waals surface area contributed by atoms with Crippen molar-refractivity contribution in [1.82, 2.24) is 25.1 Å². The third-order valence-electron chi connectivity index (χ3n) is 6.33. The summed E-state index contributed by atoms with van der Waals surface area (Å²) in [6.07, 6.45) is 6.09. The Morgan fingerprint density at radius 1 is 1.07 bits per heavy atom. The molecule has 6 heteroatoms. The van der Waals surface area contributed by atoms with Crippen molar-refractivity contribution in [3.63, 3.8) is 0 Å². The van der Waals surface area contributed by atoms with Gasteiger partial charge < -0.3 is 4.90 Å². The highest BCUT2D eigenvalue weighted by atomic mass is 15.6. The Morgan fingerprint density at radius 2 is 1.81 bits per heavy atom. The summed E-state index contributed by atoms with van der Waals surface area (Å²) in [5, 5.41) is 12.9. The van der Waals surface area contributed by atoms with E-state index in [4.69, 9.17) is 0 Å². The Balaban J connectivity index is 1.47. The molecule has 0 amide bonds. The topological polar surface area (TPSA) is 50.1 Å². The predicted molar refractivity (Wildman–Crippen MR) is 108 cm³/mol. The van der Waals surface area contributed by atoms with Crippen molar-refractivity contribution in [2.75, 3.05) is 31.1 Å². The Kier molecular flexibility index (Phi) is 5.43. The maximum atomic E-state index is 4.46. The quantitative estimate of drug-likeness (QED) is 0.806. The summed E-state index contributed by atoms with van der Waals surface area (Å²) < 4.78 is 2.14. The third kappa shape index (κ3) is 3.72. The molecule has 0 radical (unpaired) electrons. The van der Waals surface area contributed by atoms with Crippen LogP contribution in [0.2, 0.25) is 0 Å². The van der Waals surface area contributed by atoms with Crippen LogP contribution in [0.25, 0.3) is 0 Å². The molecule has 1 aromatic heterocycles. The number of nitrogens with zero attached hydrogens (tertiary/aromatic N) is 6. The zero-order chi connectivity index (χ0) is 18.8. The lowest BCUT2D eigenvalue weighted by Crippen LogP contribution is -2.48. The lowest BCUT2D eigenvalue weighted by atomic mass is 10.1. The van der Waals surface area contributed by atoms with Crippen molar-refractivity contribution in [3.05, 3.63) is 35.2 Å². The second kappa shape index (κ2) is 7.97. The Morgan fingerprint density at radius 3 is 2.52 bits per heavy atom. The fourth-order valence-corrected chi connectivity index (χ4v) is 4.77. The van der Waals surface area contributed by atoms with E-state index in [1.165, 1.54) is 42.5 Å². The molecule has 1 unspecified atom stereocenters. The minimum atomic E-state index is 0.321. The van der Waals surface area contributed by atoms with Gasteiger partial charge in [0.2, 0.25) is 0 Å². The molecular weight excluding hydrogens is 336 g/mol. The average Bonchev–Trinajstić information content (AvgIpc) is 3.37. The summed E-state index contributed by atoms with van der Waals surface area (Å²) in [5.41, 5.74) is 4.09. The molecule has 1 aliphatic carbocycles. The van der Waals surface area contributed by atoms with E-state index >= 15 is 0 Å². The Bertz CT molecular complexity index is 756. The summed E-state index contributed by atoms with van der Waals surface area (Å²) >= 11 is 0. The van der Waals surface area contributed by atoms with E-state index in [0.29, 0.717) is 12.1 Å². The molecule has 2 heterocycles. The molecule has 2 fully saturated rings. The van der Waals surface area contributed by atoms with Gasteiger partial charge in [0.25, 0.3) is 0 Å². The van der Waals surface area contributed by atoms with Crippen molar-refractivity contribution in [2.24, 2.45) is 0 Å². The molecule has 0 spiro atoms. The van der Waals surface area contributed by atoms with E-state index in [1.54, 1.807) is 0 Å². The number of anilines is 1. The van der Waals surface area contributed by atoms with Gasteiger partial charge in [0.1, 0.15) is 0 Å². The fourth-order valence-electron chi connectivity index (χ4n) is 4.77. The van der Waals surface area contributed by atoms with Gasteiger partial charge in [-0.3, -0.25) is 4.90 Å². The van der Waals surface area contributed by atoms with E-state index in [1.807, 2.05) is 0 Å². The van der Waals surface area contributed by atoms with Crippen molar-refractivity contribution in [1.29, 1.82) is 0 Å². The van der Waals surface area contributed by atoms with Crippen LogP contribution >= 0.6 is 0 Å². The van der Waals surface area contributed by atoms with Gasteiger partial charge in [-0.15, -0.1) is 5.10 Å². The molecular formula is C21H32N6. The van der Waals surface area contributed by atoms with Crippen molar-refractivity contribution < 1.29 is 0 Å². The van der Waals surface area contributed by atoms with Crippen LogP contribution in [0, 0.1) is 13.8 Å². The summed E-state index contributed by atoms with van der Waals surface area (Å²) in [6.45, 7) is 10.9. The molecule has 2 aliphatic rings. The number of hydrogen-bond donors (Lipinski definition) is 0. The Labute approximate surface area is 162 Å².